The average molecular weight is 272 g/mol. The Hall–Kier alpha value is -1.82. The average Bonchev–Trinajstić information content (AvgIpc) is 2.85. The molecule has 1 aromatic carbocycles. The summed E-state index contributed by atoms with van der Waals surface area (Å²) >= 11 is 1.38. The van der Waals surface area contributed by atoms with E-state index in [-0.39, 0.29) is 12.2 Å². The van der Waals surface area contributed by atoms with Crippen LogP contribution in [0.5, 0.6) is 0 Å². The van der Waals surface area contributed by atoms with Crippen LogP contribution in [0.2, 0.25) is 0 Å². The van der Waals surface area contributed by atoms with E-state index in [1.807, 2.05) is 0 Å². The number of carbonyl (C=O) groups excluding carboxylic acids is 1. The summed E-state index contributed by atoms with van der Waals surface area (Å²) in [4.78, 5) is 12.3. The lowest BCUT2D eigenvalue weighted by Crippen LogP contribution is -2.07. The molecule has 0 saturated heterocycles. The number of hydrogen-bond acceptors (Lipinski definition) is 3. The van der Waals surface area contributed by atoms with Crippen molar-refractivity contribution in [1.29, 1.82) is 0 Å². The number of esters is 1. The lowest BCUT2D eigenvalue weighted by Gasteiger charge is -2.04. The van der Waals surface area contributed by atoms with Crippen LogP contribution in [0.3, 0.4) is 0 Å². The summed E-state index contributed by atoms with van der Waals surface area (Å²) in [6.45, 7) is 0.0110. The number of halogens is 3. The molecule has 0 aliphatic rings. The fraction of sp³-hybridized carbons (Fsp3) is 0.0833. The highest BCUT2D eigenvalue weighted by atomic mass is 32.1. The maximum absolute atomic E-state index is 12.9. The summed E-state index contributed by atoms with van der Waals surface area (Å²) < 4.78 is 43.3. The zero-order valence-electron chi connectivity index (χ0n) is 8.95. The van der Waals surface area contributed by atoms with Crippen LogP contribution in [-0.2, 0) is 11.3 Å². The van der Waals surface area contributed by atoms with Gasteiger partial charge in [-0.15, -0.1) is 11.3 Å². The SMILES string of the molecule is O=C(OCc1cccs1)c1cc(F)c(F)c(F)c1. The number of ether oxygens (including phenoxy) is 1. The van der Waals surface area contributed by atoms with Gasteiger partial charge in [0.1, 0.15) is 6.61 Å². The first-order valence-electron chi connectivity index (χ1n) is 4.92. The largest absolute Gasteiger partial charge is 0.456 e. The Morgan fingerprint density at radius 1 is 1.22 bits per heavy atom. The Labute approximate surface area is 105 Å². The lowest BCUT2D eigenvalue weighted by molar-refractivity contribution is 0.0475. The smallest absolute Gasteiger partial charge is 0.338 e. The number of benzene rings is 1. The second-order valence-electron chi connectivity index (χ2n) is 3.41. The molecule has 0 amide bonds. The van der Waals surface area contributed by atoms with E-state index in [1.165, 1.54) is 11.3 Å². The summed E-state index contributed by atoms with van der Waals surface area (Å²) in [5.41, 5.74) is -0.358. The number of rotatable bonds is 3. The summed E-state index contributed by atoms with van der Waals surface area (Å²) in [6.07, 6.45) is 0. The van der Waals surface area contributed by atoms with Crippen LogP contribution in [0.15, 0.2) is 29.6 Å². The molecular formula is C12H7F3O2S. The second-order valence-corrected chi connectivity index (χ2v) is 4.44. The van der Waals surface area contributed by atoms with Gasteiger partial charge in [-0.05, 0) is 23.6 Å². The first-order valence-corrected chi connectivity index (χ1v) is 5.80. The van der Waals surface area contributed by atoms with Crippen molar-refractivity contribution in [2.45, 2.75) is 6.61 Å². The monoisotopic (exact) mass is 272 g/mol. The first kappa shape index (κ1) is 12.6. The highest BCUT2D eigenvalue weighted by Gasteiger charge is 2.16. The molecule has 0 fully saturated rings. The highest BCUT2D eigenvalue weighted by Crippen LogP contribution is 2.16. The molecule has 0 bridgehead atoms. The molecule has 6 heteroatoms. The fourth-order valence-electron chi connectivity index (χ4n) is 1.29. The minimum absolute atomic E-state index is 0.0110. The Morgan fingerprint density at radius 3 is 2.44 bits per heavy atom. The van der Waals surface area contributed by atoms with Crippen LogP contribution in [0.4, 0.5) is 13.2 Å². The van der Waals surface area contributed by atoms with E-state index in [9.17, 15) is 18.0 Å². The van der Waals surface area contributed by atoms with E-state index in [0.29, 0.717) is 12.1 Å². The molecule has 2 aromatic rings. The predicted molar refractivity (Wildman–Crippen MR) is 59.8 cm³/mol. The number of hydrogen-bond donors (Lipinski definition) is 0. The third-order valence-corrected chi connectivity index (χ3v) is 3.00. The molecule has 0 N–H and O–H groups in total. The predicted octanol–water partition coefficient (Wildman–Crippen LogP) is 3.52. The van der Waals surface area contributed by atoms with Crippen LogP contribution < -0.4 is 0 Å². The quantitative estimate of drug-likeness (QED) is 0.631. The molecule has 0 aliphatic heterocycles. The Bertz CT molecular complexity index is 544. The molecule has 0 spiro atoms. The van der Waals surface area contributed by atoms with Gasteiger partial charge >= 0.3 is 5.97 Å². The first-order chi connectivity index (χ1) is 8.58. The third kappa shape index (κ3) is 2.70. The highest BCUT2D eigenvalue weighted by molar-refractivity contribution is 7.09. The van der Waals surface area contributed by atoms with Gasteiger partial charge < -0.3 is 4.74 Å². The second kappa shape index (κ2) is 5.22. The number of carbonyl (C=O) groups is 1. The van der Waals surface area contributed by atoms with Gasteiger partial charge in [0, 0.05) is 4.88 Å². The van der Waals surface area contributed by atoms with Gasteiger partial charge in [-0.25, -0.2) is 18.0 Å². The van der Waals surface area contributed by atoms with Crippen molar-refractivity contribution >= 4 is 17.3 Å². The third-order valence-electron chi connectivity index (χ3n) is 2.15. The van der Waals surface area contributed by atoms with Crippen molar-refractivity contribution in [3.63, 3.8) is 0 Å². The Morgan fingerprint density at radius 2 is 1.89 bits per heavy atom. The van der Waals surface area contributed by atoms with Crippen LogP contribution in [0, 0.1) is 17.5 Å². The maximum atomic E-state index is 12.9. The lowest BCUT2D eigenvalue weighted by atomic mass is 10.2. The maximum Gasteiger partial charge on any atom is 0.338 e. The molecule has 2 rings (SSSR count). The molecule has 2 nitrogen and oxygen atoms in total. The van der Waals surface area contributed by atoms with E-state index >= 15 is 0 Å². The Balaban J connectivity index is 2.09. The van der Waals surface area contributed by atoms with E-state index in [0.717, 1.165) is 4.88 Å². The molecule has 1 aromatic heterocycles. The van der Waals surface area contributed by atoms with Gasteiger partial charge in [-0.1, -0.05) is 6.07 Å². The minimum Gasteiger partial charge on any atom is -0.456 e. The molecule has 18 heavy (non-hydrogen) atoms. The fourth-order valence-corrected chi connectivity index (χ4v) is 1.90. The zero-order valence-corrected chi connectivity index (χ0v) is 9.77. The van der Waals surface area contributed by atoms with E-state index in [4.69, 9.17) is 4.74 Å². The van der Waals surface area contributed by atoms with Crippen molar-refractivity contribution in [2.24, 2.45) is 0 Å². The standard InChI is InChI=1S/C12H7F3O2S/c13-9-4-7(5-10(14)11(9)15)12(16)17-6-8-2-1-3-18-8/h1-5H,6H2. The van der Waals surface area contributed by atoms with Crippen LogP contribution in [-0.4, -0.2) is 5.97 Å². The molecule has 1 heterocycles. The van der Waals surface area contributed by atoms with Gasteiger partial charge in [0.2, 0.25) is 0 Å². The summed E-state index contributed by atoms with van der Waals surface area (Å²) in [7, 11) is 0. The van der Waals surface area contributed by atoms with Gasteiger partial charge in [0.05, 0.1) is 5.56 Å². The molecule has 0 radical (unpaired) electrons. The van der Waals surface area contributed by atoms with Gasteiger partial charge in [0.25, 0.3) is 0 Å². The van der Waals surface area contributed by atoms with Crippen molar-refractivity contribution in [3.8, 4) is 0 Å². The van der Waals surface area contributed by atoms with Gasteiger partial charge in [-0.2, -0.15) is 0 Å². The summed E-state index contributed by atoms with van der Waals surface area (Å²) in [6, 6.07) is 4.75. The van der Waals surface area contributed by atoms with Crippen molar-refractivity contribution in [2.75, 3.05) is 0 Å². The van der Waals surface area contributed by atoms with Crippen molar-refractivity contribution in [3.05, 3.63) is 57.5 Å². The van der Waals surface area contributed by atoms with E-state index < -0.39 is 23.4 Å². The van der Waals surface area contributed by atoms with Crippen LogP contribution in [0.1, 0.15) is 15.2 Å². The molecular weight excluding hydrogens is 265 g/mol. The molecule has 0 saturated carbocycles. The van der Waals surface area contributed by atoms with E-state index in [1.54, 1.807) is 17.5 Å². The summed E-state index contributed by atoms with van der Waals surface area (Å²) in [5.74, 6) is -5.35. The van der Waals surface area contributed by atoms with Crippen LogP contribution in [0.25, 0.3) is 0 Å². The molecule has 94 valence electrons. The zero-order chi connectivity index (χ0) is 13.1. The van der Waals surface area contributed by atoms with Crippen molar-refractivity contribution in [1.82, 2.24) is 0 Å². The molecule has 0 atom stereocenters. The number of thiophene rings is 1. The Kier molecular flexibility index (Phi) is 3.66. The van der Waals surface area contributed by atoms with Crippen LogP contribution >= 0.6 is 11.3 Å². The minimum atomic E-state index is -1.61. The van der Waals surface area contributed by atoms with Gasteiger partial charge in [-0.3, -0.25) is 0 Å². The summed E-state index contributed by atoms with van der Waals surface area (Å²) in [5, 5.41) is 1.81. The van der Waals surface area contributed by atoms with E-state index in [2.05, 4.69) is 0 Å². The topological polar surface area (TPSA) is 26.3 Å². The van der Waals surface area contributed by atoms with Gasteiger partial charge in [0.15, 0.2) is 17.5 Å². The molecule has 0 unspecified atom stereocenters. The normalized spacial score (nSPS) is 10.4. The van der Waals surface area contributed by atoms with Crippen molar-refractivity contribution < 1.29 is 22.7 Å². The molecule has 0 aliphatic carbocycles.